The third kappa shape index (κ3) is 2.84. The number of benzene rings is 1. The molecule has 112 valence electrons. The summed E-state index contributed by atoms with van der Waals surface area (Å²) >= 11 is 0. The highest BCUT2D eigenvalue weighted by Gasteiger charge is 2.20. The van der Waals surface area contributed by atoms with E-state index in [0.29, 0.717) is 5.92 Å². The molecule has 0 amide bonds. The van der Waals surface area contributed by atoms with Crippen molar-refractivity contribution in [3.05, 3.63) is 46.8 Å². The first-order chi connectivity index (χ1) is 9.99. The summed E-state index contributed by atoms with van der Waals surface area (Å²) in [5.74, 6) is -0.670. The number of aryl methyl sites for hydroxylation is 1. The quantitative estimate of drug-likeness (QED) is 0.900. The van der Waals surface area contributed by atoms with Gasteiger partial charge in [-0.2, -0.15) is 5.10 Å². The molecule has 0 atom stereocenters. The molecule has 1 aromatic heterocycles. The number of aromatic nitrogens is 2. The van der Waals surface area contributed by atoms with E-state index in [1.807, 2.05) is 23.7 Å². The molecule has 0 saturated heterocycles. The van der Waals surface area contributed by atoms with Crippen LogP contribution in [0.15, 0.2) is 24.3 Å². The predicted octanol–water partition coefficient (Wildman–Crippen LogP) is 4.09. The normalized spacial score (nSPS) is 11.1. The first-order valence-electron chi connectivity index (χ1n) is 7.39. The van der Waals surface area contributed by atoms with Gasteiger partial charge in [-0.25, -0.2) is 9.48 Å². The molecule has 1 N–H and O–H groups in total. The molecule has 0 aliphatic rings. The van der Waals surface area contributed by atoms with Crippen molar-refractivity contribution in [2.24, 2.45) is 0 Å². The van der Waals surface area contributed by atoms with Gasteiger partial charge in [0.2, 0.25) is 0 Å². The molecule has 1 heterocycles. The second kappa shape index (κ2) is 6.12. The number of rotatable bonds is 5. The van der Waals surface area contributed by atoms with E-state index in [-0.39, 0.29) is 5.69 Å². The van der Waals surface area contributed by atoms with E-state index in [4.69, 9.17) is 0 Å². The van der Waals surface area contributed by atoms with Crippen LogP contribution in [-0.4, -0.2) is 20.9 Å². The van der Waals surface area contributed by atoms with Crippen molar-refractivity contribution in [2.45, 2.75) is 46.5 Å². The first kappa shape index (κ1) is 15.3. The highest BCUT2D eigenvalue weighted by molar-refractivity contribution is 5.85. The van der Waals surface area contributed by atoms with E-state index in [1.54, 1.807) is 6.07 Å². The molecule has 0 spiro atoms. The molecule has 0 unspecified atom stereocenters. The molecule has 0 fully saturated rings. The van der Waals surface area contributed by atoms with Gasteiger partial charge >= 0.3 is 5.97 Å². The largest absolute Gasteiger partial charge is 0.476 e. The van der Waals surface area contributed by atoms with Gasteiger partial charge in [0, 0.05) is 11.6 Å². The van der Waals surface area contributed by atoms with Crippen molar-refractivity contribution < 1.29 is 9.90 Å². The fraction of sp³-hybridized carbons (Fsp3) is 0.412. The van der Waals surface area contributed by atoms with Crippen LogP contribution >= 0.6 is 0 Å². The number of carboxylic acids is 1. The summed E-state index contributed by atoms with van der Waals surface area (Å²) in [5, 5.41) is 13.6. The second-order valence-corrected chi connectivity index (χ2v) is 5.40. The Bertz CT molecular complexity index is 655. The molecule has 4 nitrogen and oxygen atoms in total. The van der Waals surface area contributed by atoms with Crippen LogP contribution in [0.5, 0.6) is 0 Å². The van der Waals surface area contributed by atoms with Crippen LogP contribution in [0.25, 0.3) is 5.69 Å². The number of aromatic carboxylic acids is 1. The van der Waals surface area contributed by atoms with Gasteiger partial charge in [0.15, 0.2) is 5.69 Å². The smallest absolute Gasteiger partial charge is 0.356 e. The lowest BCUT2D eigenvalue weighted by molar-refractivity contribution is 0.0690. The van der Waals surface area contributed by atoms with Crippen LogP contribution in [0, 0.1) is 13.8 Å². The van der Waals surface area contributed by atoms with Crippen LogP contribution in [0.3, 0.4) is 0 Å². The molecule has 21 heavy (non-hydrogen) atoms. The molecule has 0 bridgehead atoms. The van der Waals surface area contributed by atoms with Crippen molar-refractivity contribution in [1.82, 2.24) is 9.78 Å². The second-order valence-electron chi connectivity index (χ2n) is 5.40. The molecule has 0 aliphatic carbocycles. The van der Waals surface area contributed by atoms with Gasteiger partial charge in [-0.3, -0.25) is 0 Å². The summed E-state index contributed by atoms with van der Waals surface area (Å²) in [6.45, 7) is 8.34. The van der Waals surface area contributed by atoms with E-state index >= 15 is 0 Å². The van der Waals surface area contributed by atoms with Crippen molar-refractivity contribution in [2.75, 3.05) is 0 Å². The van der Waals surface area contributed by atoms with E-state index in [1.165, 1.54) is 5.56 Å². The fourth-order valence-electron chi connectivity index (χ4n) is 2.66. The molecule has 4 heteroatoms. The van der Waals surface area contributed by atoms with Crippen LogP contribution in [0.1, 0.15) is 59.9 Å². The highest BCUT2D eigenvalue weighted by Crippen LogP contribution is 2.28. The van der Waals surface area contributed by atoms with Gasteiger partial charge in [0.05, 0.1) is 5.69 Å². The minimum Gasteiger partial charge on any atom is -0.476 e. The Labute approximate surface area is 125 Å². The van der Waals surface area contributed by atoms with Crippen molar-refractivity contribution in [3.63, 3.8) is 0 Å². The van der Waals surface area contributed by atoms with Gasteiger partial charge < -0.3 is 5.11 Å². The van der Waals surface area contributed by atoms with Gasteiger partial charge in [0.25, 0.3) is 0 Å². The predicted molar refractivity (Wildman–Crippen MR) is 83.3 cm³/mol. The number of hydrogen-bond donors (Lipinski definition) is 1. The van der Waals surface area contributed by atoms with Gasteiger partial charge in [-0.1, -0.05) is 26.0 Å². The minimum absolute atomic E-state index is 0.109. The minimum atomic E-state index is -0.980. The average molecular weight is 286 g/mol. The lowest BCUT2D eigenvalue weighted by Crippen LogP contribution is -2.09. The van der Waals surface area contributed by atoms with Gasteiger partial charge in [-0.05, 0) is 49.9 Å². The van der Waals surface area contributed by atoms with Crippen molar-refractivity contribution in [3.8, 4) is 5.69 Å². The Morgan fingerprint density at radius 3 is 2.52 bits per heavy atom. The molecular formula is C17H22N2O2. The third-order valence-corrected chi connectivity index (χ3v) is 4.16. The maximum Gasteiger partial charge on any atom is 0.356 e. The summed E-state index contributed by atoms with van der Waals surface area (Å²) < 4.78 is 1.81. The van der Waals surface area contributed by atoms with Gasteiger partial charge in [-0.15, -0.1) is 0 Å². The lowest BCUT2D eigenvalue weighted by Gasteiger charge is -2.17. The molecule has 2 aromatic rings. The SMILES string of the molecule is CCC(CC)c1cc(C(=O)O)nn1-c1cccc(C)c1C. The average Bonchev–Trinajstić information content (AvgIpc) is 2.88. The standard InChI is InChI=1S/C17H22N2O2/c1-5-13(6-2)16-10-14(17(20)21)18-19(16)15-9-7-8-11(3)12(15)4/h7-10,13H,5-6H2,1-4H3,(H,20,21). The fourth-order valence-corrected chi connectivity index (χ4v) is 2.66. The zero-order chi connectivity index (χ0) is 15.6. The summed E-state index contributed by atoms with van der Waals surface area (Å²) in [5.41, 5.74) is 4.36. The first-order valence-corrected chi connectivity index (χ1v) is 7.39. The van der Waals surface area contributed by atoms with E-state index in [0.717, 1.165) is 29.8 Å². The maximum absolute atomic E-state index is 11.3. The molecule has 0 radical (unpaired) electrons. The van der Waals surface area contributed by atoms with Crippen molar-refractivity contribution >= 4 is 5.97 Å². The molecular weight excluding hydrogens is 264 g/mol. The van der Waals surface area contributed by atoms with E-state index in [2.05, 4.69) is 31.9 Å². The molecule has 0 saturated carbocycles. The molecule has 1 aromatic carbocycles. The molecule has 0 aliphatic heterocycles. The van der Waals surface area contributed by atoms with E-state index < -0.39 is 5.97 Å². The Morgan fingerprint density at radius 2 is 1.95 bits per heavy atom. The van der Waals surface area contributed by atoms with Crippen LogP contribution < -0.4 is 0 Å². The van der Waals surface area contributed by atoms with Crippen LogP contribution in [0.4, 0.5) is 0 Å². The number of carbonyl (C=O) groups is 1. The van der Waals surface area contributed by atoms with E-state index in [9.17, 15) is 9.90 Å². The monoisotopic (exact) mass is 286 g/mol. The topological polar surface area (TPSA) is 55.1 Å². The Balaban J connectivity index is 2.66. The maximum atomic E-state index is 11.3. The van der Waals surface area contributed by atoms with Crippen LogP contribution in [-0.2, 0) is 0 Å². The number of nitrogens with zero attached hydrogens (tertiary/aromatic N) is 2. The Hall–Kier alpha value is -2.10. The zero-order valence-corrected chi connectivity index (χ0v) is 13.1. The lowest BCUT2D eigenvalue weighted by atomic mass is 9.98. The Morgan fingerprint density at radius 1 is 1.29 bits per heavy atom. The molecule has 2 rings (SSSR count). The highest BCUT2D eigenvalue weighted by atomic mass is 16.4. The summed E-state index contributed by atoms with van der Waals surface area (Å²) in [6, 6.07) is 7.74. The number of carboxylic acid groups (broad SMARTS) is 1. The summed E-state index contributed by atoms with van der Waals surface area (Å²) in [6.07, 6.45) is 1.93. The summed E-state index contributed by atoms with van der Waals surface area (Å²) in [4.78, 5) is 11.3. The van der Waals surface area contributed by atoms with Crippen molar-refractivity contribution in [1.29, 1.82) is 0 Å². The summed E-state index contributed by atoms with van der Waals surface area (Å²) in [7, 11) is 0. The Kier molecular flexibility index (Phi) is 4.46. The van der Waals surface area contributed by atoms with Crippen LogP contribution in [0.2, 0.25) is 0 Å². The van der Waals surface area contributed by atoms with Gasteiger partial charge in [0.1, 0.15) is 0 Å². The number of hydrogen-bond acceptors (Lipinski definition) is 2. The zero-order valence-electron chi connectivity index (χ0n) is 13.1. The third-order valence-electron chi connectivity index (χ3n) is 4.16.